The number of para-hydroxylation sites is 2. The number of Topliss-reactive ketones (excluding diaryl/α,β-unsaturated/α-hetero) is 1. The average Bonchev–Trinajstić information content (AvgIpc) is 3.14. The monoisotopic (exact) mass is 419 g/mol. The van der Waals surface area contributed by atoms with Gasteiger partial charge >= 0.3 is 0 Å². The van der Waals surface area contributed by atoms with Gasteiger partial charge < -0.3 is 19.5 Å². The summed E-state index contributed by atoms with van der Waals surface area (Å²) in [7, 11) is 0. The molecule has 7 nitrogen and oxygen atoms in total. The summed E-state index contributed by atoms with van der Waals surface area (Å²) in [5, 5.41) is 3.41. The van der Waals surface area contributed by atoms with E-state index in [1.165, 1.54) is 0 Å². The molecule has 0 spiro atoms. The van der Waals surface area contributed by atoms with Crippen LogP contribution in [0, 0.1) is 13.8 Å². The smallest absolute Gasteiger partial charge is 0.296 e. The van der Waals surface area contributed by atoms with Gasteiger partial charge in [-0.3, -0.25) is 14.4 Å². The topological polar surface area (TPSA) is 80.6 Å². The quantitative estimate of drug-likeness (QED) is 0.509. The lowest BCUT2D eigenvalue weighted by Gasteiger charge is -2.27. The molecule has 7 heteroatoms. The number of hydrogen-bond donors (Lipinski definition) is 1. The number of anilines is 1. The van der Waals surface area contributed by atoms with Gasteiger partial charge in [-0.2, -0.15) is 0 Å². The molecule has 0 bridgehead atoms. The van der Waals surface area contributed by atoms with Crippen molar-refractivity contribution < 1.29 is 19.1 Å². The number of aromatic nitrogens is 1. The highest BCUT2D eigenvalue weighted by atomic mass is 16.5. The first-order chi connectivity index (χ1) is 15.0. The summed E-state index contributed by atoms with van der Waals surface area (Å²) in [6, 6.07) is 13.0. The van der Waals surface area contributed by atoms with E-state index in [1.54, 1.807) is 21.7 Å². The molecule has 3 aromatic rings. The highest BCUT2D eigenvalue weighted by Gasteiger charge is 2.24. The van der Waals surface area contributed by atoms with Crippen LogP contribution >= 0.6 is 0 Å². The minimum absolute atomic E-state index is 0.0389. The van der Waals surface area contributed by atoms with E-state index in [0.717, 1.165) is 16.6 Å². The summed E-state index contributed by atoms with van der Waals surface area (Å²) >= 11 is 0. The van der Waals surface area contributed by atoms with Gasteiger partial charge in [-0.1, -0.05) is 36.4 Å². The average molecular weight is 419 g/mol. The molecule has 0 saturated carbocycles. The van der Waals surface area contributed by atoms with Crippen LogP contribution in [-0.2, 0) is 20.9 Å². The van der Waals surface area contributed by atoms with Crippen molar-refractivity contribution in [1.29, 1.82) is 0 Å². The Labute approximate surface area is 180 Å². The number of morpholine rings is 1. The van der Waals surface area contributed by atoms with Gasteiger partial charge in [-0.15, -0.1) is 0 Å². The number of nitrogens with zero attached hydrogens (tertiary/aromatic N) is 2. The summed E-state index contributed by atoms with van der Waals surface area (Å²) in [4.78, 5) is 40.3. The van der Waals surface area contributed by atoms with E-state index in [-0.39, 0.29) is 18.0 Å². The first-order valence-electron chi connectivity index (χ1n) is 10.3. The third-order valence-corrected chi connectivity index (χ3v) is 5.63. The highest BCUT2D eigenvalue weighted by Crippen LogP contribution is 2.24. The van der Waals surface area contributed by atoms with Gasteiger partial charge in [-0.25, -0.2) is 0 Å². The number of benzene rings is 2. The number of rotatable bonds is 5. The molecule has 0 radical (unpaired) electrons. The Bertz CT molecular complexity index is 1140. The van der Waals surface area contributed by atoms with E-state index < -0.39 is 11.7 Å². The zero-order valence-electron chi connectivity index (χ0n) is 17.7. The standard InChI is InChI=1S/C24H25N3O4/c1-16-6-5-7-17(2)22(16)25-24(30)23(29)19-14-27(20-9-4-3-8-18(19)20)15-21(28)26-10-12-31-13-11-26/h3-9,14H,10-13,15H2,1-2H3,(H,25,30). The third-order valence-electron chi connectivity index (χ3n) is 5.63. The maximum atomic E-state index is 13.0. The summed E-state index contributed by atoms with van der Waals surface area (Å²) in [6.07, 6.45) is 1.61. The molecule has 2 amide bonds. The maximum absolute atomic E-state index is 13.0. The number of carbonyl (C=O) groups is 3. The molecule has 1 saturated heterocycles. The van der Waals surface area contributed by atoms with E-state index in [0.29, 0.717) is 37.4 Å². The van der Waals surface area contributed by atoms with Crippen molar-refractivity contribution in [1.82, 2.24) is 9.47 Å². The van der Waals surface area contributed by atoms with Crippen molar-refractivity contribution >= 4 is 34.2 Å². The number of carbonyl (C=O) groups excluding carboxylic acids is 3. The minimum atomic E-state index is -0.695. The van der Waals surface area contributed by atoms with Crippen LogP contribution in [-0.4, -0.2) is 53.4 Å². The lowest BCUT2D eigenvalue weighted by Crippen LogP contribution is -2.42. The van der Waals surface area contributed by atoms with E-state index in [9.17, 15) is 14.4 Å². The Morgan fingerprint density at radius 3 is 2.35 bits per heavy atom. The summed E-state index contributed by atoms with van der Waals surface area (Å²) < 4.78 is 7.05. The van der Waals surface area contributed by atoms with Gasteiger partial charge in [0.2, 0.25) is 5.91 Å². The van der Waals surface area contributed by atoms with E-state index in [1.807, 2.05) is 50.2 Å². The number of fused-ring (bicyclic) bond motifs is 1. The molecule has 4 rings (SSSR count). The zero-order chi connectivity index (χ0) is 22.0. The number of nitrogens with one attached hydrogen (secondary N) is 1. The predicted octanol–water partition coefficient (Wildman–Crippen LogP) is 2.94. The number of aryl methyl sites for hydroxylation is 2. The zero-order valence-corrected chi connectivity index (χ0v) is 17.7. The second-order valence-corrected chi connectivity index (χ2v) is 7.73. The molecule has 0 atom stereocenters. The minimum Gasteiger partial charge on any atom is -0.378 e. The molecular formula is C24H25N3O4. The van der Waals surface area contributed by atoms with Crippen LogP contribution in [0.5, 0.6) is 0 Å². The van der Waals surface area contributed by atoms with Gasteiger partial charge in [0.15, 0.2) is 0 Å². The Kier molecular flexibility index (Phi) is 5.86. The molecule has 1 aromatic heterocycles. The molecular weight excluding hydrogens is 394 g/mol. The molecule has 2 aromatic carbocycles. The van der Waals surface area contributed by atoms with E-state index >= 15 is 0 Å². The van der Waals surface area contributed by atoms with Crippen molar-refractivity contribution in [3.63, 3.8) is 0 Å². The summed E-state index contributed by atoms with van der Waals surface area (Å²) in [5.41, 5.74) is 3.45. The fourth-order valence-electron chi connectivity index (χ4n) is 3.92. The molecule has 160 valence electrons. The summed E-state index contributed by atoms with van der Waals surface area (Å²) in [6.45, 7) is 6.05. The lowest BCUT2D eigenvalue weighted by molar-refractivity contribution is -0.135. The molecule has 2 heterocycles. The van der Waals surface area contributed by atoms with Crippen LogP contribution in [0.2, 0.25) is 0 Å². The predicted molar refractivity (Wildman–Crippen MR) is 118 cm³/mol. The summed E-state index contributed by atoms with van der Waals surface area (Å²) in [5.74, 6) is -1.36. The Morgan fingerprint density at radius 2 is 1.65 bits per heavy atom. The van der Waals surface area contributed by atoms with Crippen LogP contribution in [0.25, 0.3) is 10.9 Å². The molecule has 0 aliphatic carbocycles. The Hall–Kier alpha value is -3.45. The van der Waals surface area contributed by atoms with Gasteiger partial charge in [-0.05, 0) is 31.0 Å². The highest BCUT2D eigenvalue weighted by molar-refractivity contribution is 6.48. The molecule has 1 N–H and O–H groups in total. The van der Waals surface area contributed by atoms with Crippen LogP contribution in [0.3, 0.4) is 0 Å². The Balaban J connectivity index is 1.61. The molecule has 0 unspecified atom stereocenters. The van der Waals surface area contributed by atoms with E-state index in [2.05, 4.69) is 5.32 Å². The van der Waals surface area contributed by atoms with E-state index in [4.69, 9.17) is 4.74 Å². The molecule has 1 fully saturated rings. The number of ketones is 1. The SMILES string of the molecule is Cc1cccc(C)c1NC(=O)C(=O)c1cn(CC(=O)N2CCOCC2)c2ccccc12. The first kappa shape index (κ1) is 20.8. The van der Waals surface area contributed by atoms with Crippen LogP contribution in [0.1, 0.15) is 21.5 Å². The number of hydrogen-bond acceptors (Lipinski definition) is 4. The largest absolute Gasteiger partial charge is 0.378 e. The molecule has 31 heavy (non-hydrogen) atoms. The van der Waals surface area contributed by atoms with Crippen molar-refractivity contribution in [2.45, 2.75) is 20.4 Å². The van der Waals surface area contributed by atoms with Gasteiger partial charge in [0.25, 0.3) is 11.7 Å². The number of amides is 2. The maximum Gasteiger partial charge on any atom is 0.296 e. The van der Waals surface area contributed by atoms with Gasteiger partial charge in [0.05, 0.1) is 18.8 Å². The fourth-order valence-corrected chi connectivity index (χ4v) is 3.92. The second-order valence-electron chi connectivity index (χ2n) is 7.73. The first-order valence-corrected chi connectivity index (χ1v) is 10.3. The molecule has 1 aliphatic rings. The number of ether oxygens (including phenoxy) is 1. The van der Waals surface area contributed by atoms with Crippen LogP contribution in [0.15, 0.2) is 48.7 Å². The van der Waals surface area contributed by atoms with Crippen LogP contribution < -0.4 is 5.32 Å². The Morgan fingerprint density at radius 1 is 0.968 bits per heavy atom. The van der Waals surface area contributed by atoms with Crippen molar-refractivity contribution in [2.24, 2.45) is 0 Å². The second kappa shape index (κ2) is 8.73. The van der Waals surface area contributed by atoms with Crippen molar-refractivity contribution in [2.75, 3.05) is 31.6 Å². The van der Waals surface area contributed by atoms with Gasteiger partial charge in [0.1, 0.15) is 6.54 Å². The van der Waals surface area contributed by atoms with Gasteiger partial charge in [0, 0.05) is 35.9 Å². The van der Waals surface area contributed by atoms with Crippen molar-refractivity contribution in [3.8, 4) is 0 Å². The van der Waals surface area contributed by atoms with Crippen molar-refractivity contribution in [3.05, 3.63) is 65.4 Å². The molecule has 1 aliphatic heterocycles. The fraction of sp³-hybridized carbons (Fsp3) is 0.292. The third kappa shape index (κ3) is 4.22. The lowest BCUT2D eigenvalue weighted by atomic mass is 10.1. The van der Waals surface area contributed by atoms with Crippen LogP contribution in [0.4, 0.5) is 5.69 Å². The normalized spacial score (nSPS) is 13.9.